The molecule has 8 heteroatoms. The first-order valence-corrected chi connectivity index (χ1v) is 8.48. The van der Waals surface area contributed by atoms with Crippen LogP contribution < -0.4 is 16.6 Å². The number of H-pyrrole nitrogens is 2. The van der Waals surface area contributed by atoms with Crippen molar-refractivity contribution in [3.8, 4) is 0 Å². The van der Waals surface area contributed by atoms with Crippen molar-refractivity contribution >= 4 is 16.9 Å². The number of fused-ring (bicyclic) bond motifs is 1. The Kier molecular flexibility index (Phi) is 5.18. The van der Waals surface area contributed by atoms with Gasteiger partial charge in [-0.05, 0) is 32.6 Å². The third-order valence-electron chi connectivity index (χ3n) is 4.39. The molecular formula is C19H21N5O3. The van der Waals surface area contributed by atoms with Crippen LogP contribution in [-0.2, 0) is 0 Å². The summed E-state index contributed by atoms with van der Waals surface area (Å²) in [5.74, 6) is -0.339. The van der Waals surface area contributed by atoms with Crippen molar-refractivity contribution in [1.82, 2.24) is 25.2 Å². The largest absolute Gasteiger partial charge is 0.350 e. The van der Waals surface area contributed by atoms with Crippen LogP contribution in [0.1, 0.15) is 27.5 Å². The van der Waals surface area contributed by atoms with Crippen molar-refractivity contribution in [2.24, 2.45) is 0 Å². The van der Waals surface area contributed by atoms with E-state index in [-0.39, 0.29) is 28.5 Å². The van der Waals surface area contributed by atoms with Crippen molar-refractivity contribution < 1.29 is 4.79 Å². The van der Waals surface area contributed by atoms with Gasteiger partial charge in [-0.15, -0.1) is 0 Å². The van der Waals surface area contributed by atoms with Crippen molar-refractivity contribution in [1.29, 1.82) is 0 Å². The quantitative estimate of drug-likeness (QED) is 0.622. The van der Waals surface area contributed by atoms with Crippen LogP contribution in [0.25, 0.3) is 11.0 Å². The van der Waals surface area contributed by atoms with Gasteiger partial charge < -0.3 is 10.2 Å². The molecule has 0 saturated heterocycles. The number of carbonyl (C=O) groups is 1. The minimum Gasteiger partial charge on any atom is -0.350 e. The molecule has 0 spiro atoms. The Morgan fingerprint density at radius 2 is 1.89 bits per heavy atom. The summed E-state index contributed by atoms with van der Waals surface area (Å²) in [7, 11) is 3.90. The van der Waals surface area contributed by atoms with Crippen molar-refractivity contribution in [3.63, 3.8) is 0 Å². The lowest BCUT2D eigenvalue weighted by molar-refractivity contribution is 0.0941. The molecule has 0 aliphatic rings. The van der Waals surface area contributed by atoms with Gasteiger partial charge in [-0.3, -0.25) is 19.6 Å². The summed E-state index contributed by atoms with van der Waals surface area (Å²) in [6.07, 6.45) is 1.34. The molecule has 1 atom stereocenters. The number of hydrogen-bond acceptors (Lipinski definition) is 5. The first-order chi connectivity index (χ1) is 12.8. The molecule has 3 aromatic rings. The summed E-state index contributed by atoms with van der Waals surface area (Å²) in [5, 5.41) is 3.04. The van der Waals surface area contributed by atoms with Crippen LogP contribution in [-0.4, -0.2) is 46.4 Å². The molecule has 0 aliphatic carbocycles. The molecule has 8 nitrogen and oxygen atoms in total. The van der Waals surface area contributed by atoms with Crippen LogP contribution >= 0.6 is 0 Å². The van der Waals surface area contributed by atoms with Gasteiger partial charge in [0.2, 0.25) is 0 Å². The maximum absolute atomic E-state index is 12.5. The van der Waals surface area contributed by atoms with E-state index in [2.05, 4.69) is 20.3 Å². The van der Waals surface area contributed by atoms with Crippen LogP contribution in [0.15, 0.2) is 46.1 Å². The molecule has 0 aliphatic heterocycles. The first-order valence-electron chi connectivity index (χ1n) is 8.48. The molecule has 1 aromatic carbocycles. The Balaban J connectivity index is 1.80. The molecule has 0 saturated carbocycles. The number of nitrogens with zero attached hydrogens (tertiary/aromatic N) is 2. The minimum absolute atomic E-state index is 0.00252. The molecule has 1 amide bonds. The molecule has 0 bridgehead atoms. The zero-order chi connectivity index (χ0) is 19.6. The van der Waals surface area contributed by atoms with E-state index in [0.29, 0.717) is 6.54 Å². The van der Waals surface area contributed by atoms with Crippen LogP contribution in [0, 0.1) is 6.92 Å². The Hall–Kier alpha value is -3.26. The number of aromatic nitrogens is 3. The number of benzene rings is 1. The topological polar surface area (TPSA) is 111 Å². The fourth-order valence-corrected chi connectivity index (χ4v) is 2.85. The maximum Gasteiger partial charge on any atom is 0.327 e. The molecule has 0 unspecified atom stereocenters. The SMILES string of the molecule is Cc1ccc([C@@H](CNC(=O)c2cnc3[nH]c(=O)[nH]c(=O)c3c2)N(C)C)cc1. The highest BCUT2D eigenvalue weighted by molar-refractivity contribution is 5.96. The first kappa shape index (κ1) is 18.5. The summed E-state index contributed by atoms with van der Waals surface area (Å²) in [6.45, 7) is 2.42. The lowest BCUT2D eigenvalue weighted by Crippen LogP contribution is -2.34. The van der Waals surface area contributed by atoms with Gasteiger partial charge in [0.25, 0.3) is 11.5 Å². The molecular weight excluding hydrogens is 346 g/mol. The molecule has 3 N–H and O–H groups in total. The predicted molar refractivity (Wildman–Crippen MR) is 103 cm³/mol. The fourth-order valence-electron chi connectivity index (χ4n) is 2.85. The van der Waals surface area contributed by atoms with Gasteiger partial charge in [-0.1, -0.05) is 29.8 Å². The number of likely N-dealkylation sites (N-methyl/N-ethyl adjacent to an activating group) is 1. The number of aromatic amines is 2. The summed E-state index contributed by atoms with van der Waals surface area (Å²) in [5.41, 5.74) is 1.45. The van der Waals surface area contributed by atoms with Crippen molar-refractivity contribution in [2.45, 2.75) is 13.0 Å². The molecule has 0 radical (unpaired) electrons. The Morgan fingerprint density at radius 1 is 1.19 bits per heavy atom. The third kappa shape index (κ3) is 4.12. The lowest BCUT2D eigenvalue weighted by Gasteiger charge is -2.25. The second-order valence-electron chi connectivity index (χ2n) is 6.63. The zero-order valence-electron chi connectivity index (χ0n) is 15.4. The van der Waals surface area contributed by atoms with Gasteiger partial charge in [-0.25, -0.2) is 9.78 Å². The van der Waals surface area contributed by atoms with Gasteiger partial charge in [0.1, 0.15) is 5.65 Å². The van der Waals surface area contributed by atoms with E-state index in [0.717, 1.165) is 5.56 Å². The highest BCUT2D eigenvalue weighted by Gasteiger charge is 2.16. The van der Waals surface area contributed by atoms with Crippen LogP contribution in [0.3, 0.4) is 0 Å². The van der Waals surface area contributed by atoms with E-state index >= 15 is 0 Å². The van der Waals surface area contributed by atoms with Crippen LogP contribution in [0.4, 0.5) is 0 Å². The normalized spacial score (nSPS) is 12.3. The number of rotatable bonds is 5. The number of carbonyl (C=O) groups excluding carboxylic acids is 1. The van der Waals surface area contributed by atoms with Crippen molar-refractivity contribution in [3.05, 3.63) is 74.1 Å². The number of nitrogens with one attached hydrogen (secondary N) is 3. The highest BCUT2D eigenvalue weighted by Crippen LogP contribution is 2.18. The van der Waals surface area contributed by atoms with E-state index in [1.165, 1.54) is 17.8 Å². The van der Waals surface area contributed by atoms with Crippen LogP contribution in [0.5, 0.6) is 0 Å². The lowest BCUT2D eigenvalue weighted by atomic mass is 10.0. The molecule has 3 rings (SSSR count). The van der Waals surface area contributed by atoms with Gasteiger partial charge in [0, 0.05) is 12.7 Å². The standard InChI is InChI=1S/C19H21N5O3/c1-11-4-6-12(7-5-11)15(24(2)3)10-21-17(25)13-8-14-16(20-9-13)22-19(27)23-18(14)26/h4-9,15H,10H2,1-3H3,(H,21,25)(H2,20,22,23,26,27)/t15-/m1/s1. The highest BCUT2D eigenvalue weighted by atomic mass is 16.2. The summed E-state index contributed by atoms with van der Waals surface area (Å²) >= 11 is 0. The van der Waals surface area contributed by atoms with Gasteiger partial charge in [0.05, 0.1) is 17.0 Å². The summed E-state index contributed by atoms with van der Waals surface area (Å²) in [4.78, 5) is 46.3. The van der Waals surface area contributed by atoms with Crippen LogP contribution in [0.2, 0.25) is 0 Å². The molecule has 27 heavy (non-hydrogen) atoms. The zero-order valence-corrected chi connectivity index (χ0v) is 15.4. The second kappa shape index (κ2) is 7.55. The van der Waals surface area contributed by atoms with E-state index < -0.39 is 11.2 Å². The second-order valence-corrected chi connectivity index (χ2v) is 6.63. The Bertz CT molecular complexity index is 1080. The molecule has 2 heterocycles. The van der Waals surface area contributed by atoms with E-state index in [4.69, 9.17) is 0 Å². The third-order valence-corrected chi connectivity index (χ3v) is 4.39. The van der Waals surface area contributed by atoms with E-state index in [9.17, 15) is 14.4 Å². The number of pyridine rings is 1. The smallest absolute Gasteiger partial charge is 0.327 e. The molecule has 140 valence electrons. The van der Waals surface area contributed by atoms with E-state index in [1.807, 2.05) is 50.2 Å². The number of hydrogen-bond donors (Lipinski definition) is 3. The minimum atomic E-state index is -0.635. The Morgan fingerprint density at radius 3 is 2.56 bits per heavy atom. The Labute approximate surface area is 155 Å². The predicted octanol–water partition coefficient (Wildman–Crippen LogP) is 0.953. The van der Waals surface area contributed by atoms with Gasteiger partial charge >= 0.3 is 5.69 Å². The summed E-state index contributed by atoms with van der Waals surface area (Å²) < 4.78 is 0. The molecule has 0 fully saturated rings. The van der Waals surface area contributed by atoms with E-state index in [1.54, 1.807) is 0 Å². The average molecular weight is 367 g/mol. The average Bonchev–Trinajstić information content (AvgIpc) is 2.62. The van der Waals surface area contributed by atoms with Crippen molar-refractivity contribution in [2.75, 3.05) is 20.6 Å². The monoisotopic (exact) mass is 367 g/mol. The van der Waals surface area contributed by atoms with Gasteiger partial charge in [-0.2, -0.15) is 0 Å². The van der Waals surface area contributed by atoms with Gasteiger partial charge in [0.15, 0.2) is 0 Å². The number of aryl methyl sites for hydroxylation is 1. The summed E-state index contributed by atoms with van der Waals surface area (Å²) in [6, 6.07) is 9.58. The maximum atomic E-state index is 12.5. The fraction of sp³-hybridized carbons (Fsp3) is 0.263. The number of amides is 1. The molecule has 2 aromatic heterocycles.